The van der Waals surface area contributed by atoms with Gasteiger partial charge in [-0.2, -0.15) is 0 Å². The van der Waals surface area contributed by atoms with E-state index in [1.54, 1.807) is 31.2 Å². The van der Waals surface area contributed by atoms with Crippen molar-refractivity contribution in [2.45, 2.75) is 33.2 Å². The van der Waals surface area contributed by atoms with Gasteiger partial charge in [-0.25, -0.2) is 8.78 Å². The lowest BCUT2D eigenvalue weighted by Crippen LogP contribution is -2.23. The van der Waals surface area contributed by atoms with Crippen LogP contribution < -0.4 is 5.32 Å². The van der Waals surface area contributed by atoms with Crippen molar-refractivity contribution >= 4 is 0 Å². The van der Waals surface area contributed by atoms with Crippen molar-refractivity contribution in [1.82, 2.24) is 5.32 Å². The molecular formula is C18H21F2N. The fraction of sp³-hybridized carbons (Fsp3) is 0.333. The van der Waals surface area contributed by atoms with E-state index in [2.05, 4.69) is 5.32 Å². The number of hydrogen-bond donors (Lipinski definition) is 1. The Morgan fingerprint density at radius 2 is 1.71 bits per heavy atom. The molecule has 0 spiro atoms. The van der Waals surface area contributed by atoms with Gasteiger partial charge >= 0.3 is 0 Å². The lowest BCUT2D eigenvalue weighted by atomic mass is 9.95. The first-order valence-corrected chi connectivity index (χ1v) is 7.25. The van der Waals surface area contributed by atoms with Crippen LogP contribution in [0.15, 0.2) is 36.4 Å². The van der Waals surface area contributed by atoms with Crippen LogP contribution in [0.3, 0.4) is 0 Å². The third kappa shape index (κ3) is 3.88. The normalized spacial score (nSPS) is 12.4. The van der Waals surface area contributed by atoms with Crippen LogP contribution in [-0.2, 0) is 6.42 Å². The summed E-state index contributed by atoms with van der Waals surface area (Å²) in [5, 5.41) is 3.35. The van der Waals surface area contributed by atoms with E-state index in [1.165, 1.54) is 6.07 Å². The zero-order chi connectivity index (χ0) is 15.4. The van der Waals surface area contributed by atoms with Gasteiger partial charge in [-0.15, -0.1) is 0 Å². The summed E-state index contributed by atoms with van der Waals surface area (Å²) in [6.45, 7) is 6.50. The Labute approximate surface area is 125 Å². The molecule has 0 aromatic heterocycles. The zero-order valence-electron chi connectivity index (χ0n) is 12.7. The van der Waals surface area contributed by atoms with Crippen LogP contribution in [0.4, 0.5) is 8.78 Å². The minimum Gasteiger partial charge on any atom is -0.310 e. The standard InChI is InChI=1S/C18H21F2N/c1-4-21-18(14-7-5-13(3)17(20)10-14)11-15-9-16(19)8-6-12(15)2/h5-10,18,21H,4,11H2,1-3H3. The summed E-state index contributed by atoms with van der Waals surface area (Å²) in [6.07, 6.45) is 0.639. The van der Waals surface area contributed by atoms with Crippen LogP contribution in [-0.4, -0.2) is 6.54 Å². The summed E-state index contributed by atoms with van der Waals surface area (Å²) in [7, 11) is 0. The highest BCUT2D eigenvalue weighted by molar-refractivity contribution is 5.31. The Morgan fingerprint density at radius 3 is 2.38 bits per heavy atom. The fourth-order valence-electron chi connectivity index (χ4n) is 2.46. The molecule has 0 radical (unpaired) electrons. The number of rotatable bonds is 5. The number of likely N-dealkylation sites (N-methyl/N-ethyl adjacent to an activating group) is 1. The van der Waals surface area contributed by atoms with Gasteiger partial charge in [0.15, 0.2) is 0 Å². The van der Waals surface area contributed by atoms with E-state index in [0.717, 1.165) is 23.2 Å². The molecule has 0 saturated heterocycles. The van der Waals surface area contributed by atoms with Crippen molar-refractivity contribution in [3.63, 3.8) is 0 Å². The molecule has 112 valence electrons. The molecule has 2 aromatic carbocycles. The Hall–Kier alpha value is -1.74. The summed E-state index contributed by atoms with van der Waals surface area (Å²) in [5.41, 5.74) is 3.52. The van der Waals surface area contributed by atoms with Crippen molar-refractivity contribution in [3.8, 4) is 0 Å². The highest BCUT2D eigenvalue weighted by Crippen LogP contribution is 2.23. The van der Waals surface area contributed by atoms with Crippen LogP contribution in [0.25, 0.3) is 0 Å². The second kappa shape index (κ2) is 6.81. The fourth-order valence-corrected chi connectivity index (χ4v) is 2.46. The van der Waals surface area contributed by atoms with Crippen LogP contribution in [0.2, 0.25) is 0 Å². The Morgan fingerprint density at radius 1 is 1.00 bits per heavy atom. The highest BCUT2D eigenvalue weighted by Gasteiger charge is 2.14. The number of aryl methyl sites for hydroxylation is 2. The second-order valence-corrected chi connectivity index (χ2v) is 5.39. The van der Waals surface area contributed by atoms with Crippen molar-refractivity contribution in [2.24, 2.45) is 0 Å². The number of halogens is 2. The van der Waals surface area contributed by atoms with E-state index in [0.29, 0.717) is 12.0 Å². The molecule has 1 unspecified atom stereocenters. The molecule has 2 rings (SSSR count). The predicted octanol–water partition coefficient (Wildman–Crippen LogP) is 4.47. The van der Waals surface area contributed by atoms with Gasteiger partial charge in [0, 0.05) is 6.04 Å². The van der Waals surface area contributed by atoms with E-state index < -0.39 is 0 Å². The SMILES string of the molecule is CCNC(Cc1cc(F)ccc1C)c1ccc(C)c(F)c1. The number of nitrogens with one attached hydrogen (secondary N) is 1. The van der Waals surface area contributed by atoms with Gasteiger partial charge in [0.1, 0.15) is 11.6 Å². The second-order valence-electron chi connectivity index (χ2n) is 5.39. The number of benzene rings is 2. The lowest BCUT2D eigenvalue weighted by molar-refractivity contribution is 0.538. The van der Waals surface area contributed by atoms with Crippen molar-refractivity contribution in [3.05, 3.63) is 70.3 Å². The quantitative estimate of drug-likeness (QED) is 0.856. The monoisotopic (exact) mass is 289 g/mol. The van der Waals surface area contributed by atoms with Crippen molar-refractivity contribution < 1.29 is 8.78 Å². The molecule has 1 nitrogen and oxygen atoms in total. The third-order valence-corrected chi connectivity index (χ3v) is 3.78. The average molecular weight is 289 g/mol. The molecule has 0 fully saturated rings. The largest absolute Gasteiger partial charge is 0.310 e. The molecule has 1 atom stereocenters. The maximum Gasteiger partial charge on any atom is 0.126 e. The Balaban J connectivity index is 2.30. The molecule has 21 heavy (non-hydrogen) atoms. The summed E-state index contributed by atoms with van der Waals surface area (Å²) < 4.78 is 27.2. The van der Waals surface area contributed by atoms with Gasteiger partial charge in [-0.3, -0.25) is 0 Å². The minimum atomic E-state index is -0.235. The van der Waals surface area contributed by atoms with E-state index in [9.17, 15) is 8.78 Å². The lowest BCUT2D eigenvalue weighted by Gasteiger charge is -2.20. The molecule has 0 heterocycles. The topological polar surface area (TPSA) is 12.0 Å². The van der Waals surface area contributed by atoms with Gasteiger partial charge in [0.05, 0.1) is 0 Å². The molecule has 0 aliphatic heterocycles. The van der Waals surface area contributed by atoms with Gasteiger partial charge in [0.2, 0.25) is 0 Å². The predicted molar refractivity (Wildman–Crippen MR) is 82.4 cm³/mol. The van der Waals surface area contributed by atoms with Crippen molar-refractivity contribution in [2.75, 3.05) is 6.54 Å². The summed E-state index contributed by atoms with van der Waals surface area (Å²) >= 11 is 0. The molecule has 0 aliphatic rings. The highest BCUT2D eigenvalue weighted by atomic mass is 19.1. The van der Waals surface area contributed by atoms with Crippen molar-refractivity contribution in [1.29, 1.82) is 0 Å². The van der Waals surface area contributed by atoms with Crippen LogP contribution in [0.1, 0.15) is 35.2 Å². The van der Waals surface area contributed by atoms with Crippen LogP contribution in [0, 0.1) is 25.5 Å². The molecule has 3 heteroatoms. The first-order valence-electron chi connectivity index (χ1n) is 7.25. The van der Waals surface area contributed by atoms with E-state index in [4.69, 9.17) is 0 Å². The molecule has 2 aromatic rings. The molecule has 1 N–H and O–H groups in total. The first kappa shape index (κ1) is 15.6. The smallest absolute Gasteiger partial charge is 0.126 e. The van der Waals surface area contributed by atoms with Crippen LogP contribution in [0.5, 0.6) is 0 Å². The van der Waals surface area contributed by atoms with E-state index in [-0.39, 0.29) is 17.7 Å². The summed E-state index contributed by atoms with van der Waals surface area (Å²) in [4.78, 5) is 0. The third-order valence-electron chi connectivity index (χ3n) is 3.78. The molecule has 0 bridgehead atoms. The average Bonchev–Trinajstić information content (AvgIpc) is 2.45. The summed E-state index contributed by atoms with van der Waals surface area (Å²) in [6, 6.07) is 10.1. The molecular weight excluding hydrogens is 268 g/mol. The minimum absolute atomic E-state index is 0.0226. The van der Waals surface area contributed by atoms with Crippen LogP contribution >= 0.6 is 0 Å². The van der Waals surface area contributed by atoms with Gasteiger partial charge in [0.25, 0.3) is 0 Å². The van der Waals surface area contributed by atoms with Gasteiger partial charge in [-0.05, 0) is 67.3 Å². The molecule has 0 aliphatic carbocycles. The maximum absolute atomic E-state index is 13.8. The number of hydrogen-bond acceptors (Lipinski definition) is 1. The Bertz CT molecular complexity index is 623. The molecule has 0 amide bonds. The van der Waals surface area contributed by atoms with Gasteiger partial charge < -0.3 is 5.32 Å². The van der Waals surface area contributed by atoms with E-state index >= 15 is 0 Å². The first-order chi connectivity index (χ1) is 10.0. The van der Waals surface area contributed by atoms with E-state index in [1.807, 2.05) is 19.9 Å². The summed E-state index contributed by atoms with van der Waals surface area (Å²) in [5.74, 6) is -0.438. The Kier molecular flexibility index (Phi) is 5.07. The maximum atomic E-state index is 13.8. The molecule has 0 saturated carbocycles. The zero-order valence-corrected chi connectivity index (χ0v) is 12.7. The van der Waals surface area contributed by atoms with Gasteiger partial charge in [-0.1, -0.05) is 25.1 Å².